The van der Waals surface area contributed by atoms with Gasteiger partial charge in [-0.25, -0.2) is 0 Å². The maximum atomic E-state index is 12.2. The van der Waals surface area contributed by atoms with Crippen LogP contribution in [0.4, 0.5) is 0 Å². The Morgan fingerprint density at radius 1 is 1.18 bits per heavy atom. The minimum atomic E-state index is -0.181. The molecule has 1 fully saturated rings. The molecule has 1 aliphatic rings. The molecular weight excluding hydrogens is 284 g/mol. The van der Waals surface area contributed by atoms with Crippen molar-refractivity contribution >= 4 is 5.91 Å². The first-order chi connectivity index (χ1) is 10.6. The van der Waals surface area contributed by atoms with Crippen molar-refractivity contribution in [3.63, 3.8) is 0 Å². The fourth-order valence-corrected chi connectivity index (χ4v) is 3.05. The lowest BCUT2D eigenvalue weighted by Gasteiger charge is -2.39. The van der Waals surface area contributed by atoms with E-state index < -0.39 is 0 Å². The number of hydrogen-bond donors (Lipinski definition) is 1. The SMILES string of the molecule is CCN1C(=O)CCC(N)C1c1cc(OC)c(OC)c(OC)c1. The van der Waals surface area contributed by atoms with Crippen molar-refractivity contribution < 1.29 is 19.0 Å². The van der Waals surface area contributed by atoms with Crippen molar-refractivity contribution in [2.24, 2.45) is 5.73 Å². The van der Waals surface area contributed by atoms with Crippen LogP contribution >= 0.6 is 0 Å². The Labute approximate surface area is 131 Å². The average Bonchev–Trinajstić information content (AvgIpc) is 2.55. The fourth-order valence-electron chi connectivity index (χ4n) is 3.05. The van der Waals surface area contributed by atoms with Crippen LogP contribution in [-0.2, 0) is 4.79 Å². The van der Waals surface area contributed by atoms with Gasteiger partial charge in [0.1, 0.15) is 0 Å². The third-order valence-electron chi connectivity index (χ3n) is 4.12. The van der Waals surface area contributed by atoms with E-state index in [1.54, 1.807) is 21.3 Å². The number of amides is 1. The molecule has 0 aliphatic carbocycles. The number of ether oxygens (including phenoxy) is 3. The van der Waals surface area contributed by atoms with E-state index in [9.17, 15) is 4.79 Å². The third-order valence-corrected chi connectivity index (χ3v) is 4.12. The molecule has 1 aromatic carbocycles. The van der Waals surface area contributed by atoms with Gasteiger partial charge in [-0.15, -0.1) is 0 Å². The van der Waals surface area contributed by atoms with Gasteiger partial charge in [0.2, 0.25) is 11.7 Å². The predicted molar refractivity (Wildman–Crippen MR) is 83.4 cm³/mol. The summed E-state index contributed by atoms with van der Waals surface area (Å²) in [4.78, 5) is 14.0. The van der Waals surface area contributed by atoms with Crippen molar-refractivity contribution in [3.8, 4) is 17.2 Å². The van der Waals surface area contributed by atoms with Gasteiger partial charge in [-0.2, -0.15) is 0 Å². The number of carbonyl (C=O) groups is 1. The lowest BCUT2D eigenvalue weighted by Crippen LogP contribution is -2.48. The molecule has 6 nitrogen and oxygen atoms in total. The number of nitrogens with two attached hydrogens (primary N) is 1. The molecule has 1 aliphatic heterocycles. The van der Waals surface area contributed by atoms with Crippen LogP contribution in [0.25, 0.3) is 0 Å². The minimum Gasteiger partial charge on any atom is -0.493 e. The normalized spacial score (nSPS) is 21.7. The summed E-state index contributed by atoms with van der Waals surface area (Å²) in [6, 6.07) is 3.45. The Morgan fingerprint density at radius 2 is 1.77 bits per heavy atom. The van der Waals surface area contributed by atoms with Crippen molar-refractivity contribution in [2.75, 3.05) is 27.9 Å². The summed E-state index contributed by atoms with van der Waals surface area (Å²) in [5, 5.41) is 0. The van der Waals surface area contributed by atoms with Gasteiger partial charge >= 0.3 is 0 Å². The number of likely N-dealkylation sites (tertiary alicyclic amines) is 1. The highest BCUT2D eigenvalue weighted by Gasteiger charge is 2.35. The summed E-state index contributed by atoms with van der Waals surface area (Å²) >= 11 is 0. The molecule has 1 saturated heterocycles. The number of methoxy groups -OCH3 is 3. The van der Waals surface area contributed by atoms with Crippen LogP contribution in [0.3, 0.4) is 0 Å². The molecule has 0 spiro atoms. The lowest BCUT2D eigenvalue weighted by atomic mass is 9.90. The second-order valence-corrected chi connectivity index (χ2v) is 5.29. The Balaban J connectivity index is 2.51. The average molecular weight is 308 g/mol. The van der Waals surface area contributed by atoms with E-state index in [4.69, 9.17) is 19.9 Å². The Bertz CT molecular complexity index is 522. The molecule has 1 aromatic rings. The van der Waals surface area contributed by atoms with E-state index in [-0.39, 0.29) is 18.0 Å². The lowest BCUT2D eigenvalue weighted by molar-refractivity contribution is -0.137. The van der Waals surface area contributed by atoms with Crippen molar-refractivity contribution in [3.05, 3.63) is 17.7 Å². The number of benzene rings is 1. The fraction of sp³-hybridized carbons (Fsp3) is 0.562. The van der Waals surface area contributed by atoms with Crippen molar-refractivity contribution in [1.82, 2.24) is 4.90 Å². The zero-order valence-electron chi connectivity index (χ0n) is 13.6. The zero-order chi connectivity index (χ0) is 16.3. The highest BCUT2D eigenvalue weighted by atomic mass is 16.5. The van der Waals surface area contributed by atoms with Crippen LogP contribution in [0.2, 0.25) is 0 Å². The standard InChI is InChI=1S/C16H24N2O4/c1-5-18-14(19)7-6-11(17)15(18)10-8-12(20-2)16(22-4)13(9-10)21-3/h8-9,11,15H,5-7,17H2,1-4H3. The van der Waals surface area contributed by atoms with E-state index in [0.29, 0.717) is 36.6 Å². The highest BCUT2D eigenvalue weighted by molar-refractivity contribution is 5.78. The summed E-state index contributed by atoms with van der Waals surface area (Å²) in [5.74, 6) is 1.80. The van der Waals surface area contributed by atoms with Gasteiger partial charge in [0.25, 0.3) is 0 Å². The minimum absolute atomic E-state index is 0.111. The van der Waals surface area contributed by atoms with Gasteiger partial charge in [-0.3, -0.25) is 4.79 Å². The largest absolute Gasteiger partial charge is 0.493 e. The molecule has 1 heterocycles. The van der Waals surface area contributed by atoms with Gasteiger partial charge < -0.3 is 24.8 Å². The predicted octanol–water partition coefficient (Wildman–Crippen LogP) is 1.72. The Morgan fingerprint density at radius 3 is 2.23 bits per heavy atom. The summed E-state index contributed by atoms with van der Waals surface area (Å²) in [5.41, 5.74) is 7.19. The monoisotopic (exact) mass is 308 g/mol. The smallest absolute Gasteiger partial charge is 0.223 e. The number of hydrogen-bond acceptors (Lipinski definition) is 5. The maximum absolute atomic E-state index is 12.2. The molecule has 0 aromatic heterocycles. The Hall–Kier alpha value is -1.95. The van der Waals surface area contributed by atoms with Crippen molar-refractivity contribution in [2.45, 2.75) is 31.8 Å². The van der Waals surface area contributed by atoms with E-state index in [1.807, 2.05) is 24.0 Å². The van der Waals surface area contributed by atoms with Gasteiger partial charge in [-0.05, 0) is 31.0 Å². The van der Waals surface area contributed by atoms with Crippen LogP contribution in [0.1, 0.15) is 31.4 Å². The molecule has 22 heavy (non-hydrogen) atoms. The van der Waals surface area contributed by atoms with Crippen LogP contribution in [0.5, 0.6) is 17.2 Å². The molecular formula is C16H24N2O4. The highest BCUT2D eigenvalue weighted by Crippen LogP contribution is 2.42. The number of piperidine rings is 1. The number of rotatable bonds is 5. The molecule has 0 bridgehead atoms. The van der Waals surface area contributed by atoms with Crippen LogP contribution in [0, 0.1) is 0 Å². The van der Waals surface area contributed by atoms with E-state index >= 15 is 0 Å². The Kier molecular flexibility index (Phi) is 5.13. The topological polar surface area (TPSA) is 74.0 Å². The number of likely N-dealkylation sites (N-methyl/N-ethyl adjacent to an activating group) is 1. The quantitative estimate of drug-likeness (QED) is 0.896. The molecule has 2 rings (SSSR count). The first-order valence-electron chi connectivity index (χ1n) is 7.42. The first kappa shape index (κ1) is 16.4. The maximum Gasteiger partial charge on any atom is 0.223 e. The summed E-state index contributed by atoms with van der Waals surface area (Å²) in [6.45, 7) is 2.58. The van der Waals surface area contributed by atoms with Gasteiger partial charge in [0, 0.05) is 19.0 Å². The molecule has 2 unspecified atom stereocenters. The molecule has 2 N–H and O–H groups in total. The van der Waals surface area contributed by atoms with Crippen molar-refractivity contribution in [1.29, 1.82) is 0 Å². The van der Waals surface area contributed by atoms with E-state index in [1.165, 1.54) is 0 Å². The van der Waals surface area contributed by atoms with Gasteiger partial charge in [0.05, 0.1) is 27.4 Å². The van der Waals surface area contributed by atoms with Crippen LogP contribution < -0.4 is 19.9 Å². The first-order valence-corrected chi connectivity index (χ1v) is 7.42. The number of nitrogens with zero attached hydrogens (tertiary/aromatic N) is 1. The summed E-state index contributed by atoms with van der Waals surface area (Å²) < 4.78 is 16.1. The third kappa shape index (κ3) is 2.83. The molecule has 6 heteroatoms. The van der Waals surface area contributed by atoms with Crippen LogP contribution in [0.15, 0.2) is 12.1 Å². The molecule has 0 saturated carbocycles. The second-order valence-electron chi connectivity index (χ2n) is 5.29. The van der Waals surface area contributed by atoms with E-state index in [2.05, 4.69) is 0 Å². The van der Waals surface area contributed by atoms with Crippen LogP contribution in [-0.4, -0.2) is 44.7 Å². The van der Waals surface area contributed by atoms with E-state index in [0.717, 1.165) is 5.56 Å². The molecule has 122 valence electrons. The molecule has 1 amide bonds. The zero-order valence-corrected chi connectivity index (χ0v) is 13.6. The van der Waals surface area contributed by atoms with Gasteiger partial charge in [0.15, 0.2) is 11.5 Å². The summed E-state index contributed by atoms with van der Waals surface area (Å²) in [7, 11) is 4.71. The molecule has 2 atom stereocenters. The number of carbonyl (C=O) groups excluding carboxylic acids is 1. The van der Waals surface area contributed by atoms with Gasteiger partial charge in [-0.1, -0.05) is 0 Å². The molecule has 0 radical (unpaired) electrons. The summed E-state index contributed by atoms with van der Waals surface area (Å²) in [6.07, 6.45) is 1.17. The second kappa shape index (κ2) is 6.87.